The van der Waals surface area contributed by atoms with Gasteiger partial charge in [0.1, 0.15) is 5.01 Å². The van der Waals surface area contributed by atoms with Crippen molar-refractivity contribution in [3.8, 4) is 0 Å². The van der Waals surface area contributed by atoms with E-state index >= 15 is 0 Å². The number of hydrogen-bond donors (Lipinski definition) is 1. The number of rotatable bonds is 6. The van der Waals surface area contributed by atoms with Crippen LogP contribution < -0.4 is 5.32 Å². The average Bonchev–Trinajstić information content (AvgIpc) is 2.59. The molecular weight excluding hydrogens is 263 g/mol. The lowest BCUT2D eigenvalue weighted by Crippen LogP contribution is -2.30. The number of nitrogens with one attached hydrogen (secondary N) is 1. The fourth-order valence-corrected chi connectivity index (χ4v) is 2.17. The van der Waals surface area contributed by atoms with E-state index in [4.69, 9.17) is 0 Å². The molecule has 0 aliphatic heterocycles. The van der Waals surface area contributed by atoms with Gasteiger partial charge in [-0.1, -0.05) is 13.8 Å². The summed E-state index contributed by atoms with van der Waals surface area (Å²) in [6.45, 7) is 4.03. The fraction of sp³-hybridized carbons (Fsp3) is 0.727. The monoisotopic (exact) mass is 281 g/mol. The molecule has 0 amide bonds. The van der Waals surface area contributed by atoms with Gasteiger partial charge in [-0.15, -0.1) is 11.3 Å². The molecule has 1 N–H and O–H groups in total. The summed E-state index contributed by atoms with van der Waals surface area (Å²) in [5.41, 5.74) is 0.687. The van der Waals surface area contributed by atoms with Crippen molar-refractivity contribution >= 4 is 11.3 Å². The molecule has 1 aromatic heterocycles. The standard InChI is InChI=1S/C11H18F3N3S/c1-8(2)15-4-10-16-9(6-18-10)5-17(3)7-11(12,13)14/h6,8,15H,4-5,7H2,1-3H3. The van der Waals surface area contributed by atoms with E-state index in [-0.39, 0.29) is 6.54 Å². The topological polar surface area (TPSA) is 28.2 Å². The van der Waals surface area contributed by atoms with E-state index < -0.39 is 12.7 Å². The van der Waals surface area contributed by atoms with Crippen molar-refractivity contribution in [2.75, 3.05) is 13.6 Å². The molecule has 0 saturated heterocycles. The summed E-state index contributed by atoms with van der Waals surface area (Å²) in [7, 11) is 1.44. The van der Waals surface area contributed by atoms with E-state index in [0.717, 1.165) is 5.01 Å². The van der Waals surface area contributed by atoms with Crippen LogP contribution in [0.2, 0.25) is 0 Å². The maximum Gasteiger partial charge on any atom is 0.401 e. The molecule has 1 heterocycles. The van der Waals surface area contributed by atoms with Gasteiger partial charge in [0.15, 0.2) is 0 Å². The van der Waals surface area contributed by atoms with Crippen LogP contribution in [-0.2, 0) is 13.1 Å². The van der Waals surface area contributed by atoms with Gasteiger partial charge in [0.25, 0.3) is 0 Å². The summed E-state index contributed by atoms with van der Waals surface area (Å²) >= 11 is 1.47. The SMILES string of the molecule is CC(C)NCc1nc(CN(C)CC(F)(F)F)cs1. The van der Waals surface area contributed by atoms with Crippen LogP contribution in [0.25, 0.3) is 0 Å². The molecule has 104 valence electrons. The van der Waals surface area contributed by atoms with Crippen molar-refractivity contribution in [2.45, 2.75) is 39.2 Å². The zero-order valence-electron chi connectivity index (χ0n) is 10.7. The van der Waals surface area contributed by atoms with Gasteiger partial charge in [-0.3, -0.25) is 4.90 Å². The second-order valence-electron chi connectivity index (χ2n) is 4.56. The first-order chi connectivity index (χ1) is 8.26. The minimum atomic E-state index is -4.16. The number of hydrogen-bond acceptors (Lipinski definition) is 4. The van der Waals surface area contributed by atoms with Gasteiger partial charge in [-0.25, -0.2) is 4.98 Å². The minimum Gasteiger partial charge on any atom is -0.308 e. The lowest BCUT2D eigenvalue weighted by Gasteiger charge is -2.17. The molecule has 0 atom stereocenters. The Hall–Kier alpha value is -0.660. The van der Waals surface area contributed by atoms with Crippen molar-refractivity contribution in [2.24, 2.45) is 0 Å². The Morgan fingerprint density at radius 1 is 1.44 bits per heavy atom. The third-order valence-electron chi connectivity index (χ3n) is 2.14. The Bertz CT molecular complexity index is 363. The first kappa shape index (κ1) is 15.4. The van der Waals surface area contributed by atoms with E-state index in [1.54, 1.807) is 0 Å². The Morgan fingerprint density at radius 3 is 2.67 bits per heavy atom. The van der Waals surface area contributed by atoms with E-state index in [1.165, 1.54) is 23.3 Å². The van der Waals surface area contributed by atoms with E-state index in [0.29, 0.717) is 18.3 Å². The molecule has 0 aliphatic carbocycles. The third-order valence-corrected chi connectivity index (χ3v) is 3.04. The zero-order chi connectivity index (χ0) is 13.8. The number of aromatic nitrogens is 1. The van der Waals surface area contributed by atoms with Crippen LogP contribution in [0.3, 0.4) is 0 Å². The first-order valence-corrected chi connectivity index (χ1v) is 6.56. The molecule has 0 spiro atoms. The van der Waals surface area contributed by atoms with Crippen molar-refractivity contribution in [3.05, 3.63) is 16.1 Å². The Labute approximate surface area is 109 Å². The molecule has 3 nitrogen and oxygen atoms in total. The third kappa shape index (κ3) is 6.32. The van der Waals surface area contributed by atoms with E-state index in [2.05, 4.69) is 10.3 Å². The predicted molar refractivity (Wildman–Crippen MR) is 66.5 cm³/mol. The molecule has 0 bridgehead atoms. The normalized spacial score (nSPS) is 12.7. The van der Waals surface area contributed by atoms with Gasteiger partial charge in [-0.2, -0.15) is 13.2 Å². The summed E-state index contributed by atoms with van der Waals surface area (Å²) in [5.74, 6) is 0. The van der Waals surface area contributed by atoms with Crippen LogP contribution in [0.15, 0.2) is 5.38 Å². The maximum atomic E-state index is 12.2. The molecule has 1 aromatic rings. The smallest absolute Gasteiger partial charge is 0.308 e. The molecule has 1 rings (SSSR count). The van der Waals surface area contributed by atoms with Gasteiger partial charge < -0.3 is 5.32 Å². The van der Waals surface area contributed by atoms with Crippen molar-refractivity contribution < 1.29 is 13.2 Å². The second kappa shape index (κ2) is 6.49. The molecule has 0 fully saturated rings. The number of alkyl halides is 3. The van der Waals surface area contributed by atoms with Crippen LogP contribution in [0.1, 0.15) is 24.5 Å². The second-order valence-corrected chi connectivity index (χ2v) is 5.50. The lowest BCUT2D eigenvalue weighted by molar-refractivity contribution is -0.144. The molecule has 0 radical (unpaired) electrons. The molecule has 18 heavy (non-hydrogen) atoms. The minimum absolute atomic E-state index is 0.220. The van der Waals surface area contributed by atoms with Gasteiger partial charge in [0, 0.05) is 24.5 Å². The quantitative estimate of drug-likeness (QED) is 0.869. The summed E-state index contributed by atoms with van der Waals surface area (Å²) in [6.07, 6.45) is -4.16. The average molecular weight is 281 g/mol. The largest absolute Gasteiger partial charge is 0.401 e. The van der Waals surface area contributed by atoms with Crippen LogP contribution >= 0.6 is 11.3 Å². The Balaban J connectivity index is 2.43. The van der Waals surface area contributed by atoms with Crippen molar-refractivity contribution in [3.63, 3.8) is 0 Å². The van der Waals surface area contributed by atoms with Gasteiger partial charge in [-0.05, 0) is 7.05 Å². The molecular formula is C11H18F3N3S. The van der Waals surface area contributed by atoms with E-state index in [9.17, 15) is 13.2 Å². The number of thiazole rings is 1. The van der Waals surface area contributed by atoms with Crippen LogP contribution in [0.5, 0.6) is 0 Å². The fourth-order valence-electron chi connectivity index (χ4n) is 1.43. The highest BCUT2D eigenvalue weighted by Gasteiger charge is 2.29. The summed E-state index contributed by atoms with van der Waals surface area (Å²) < 4.78 is 36.5. The highest BCUT2D eigenvalue weighted by Crippen LogP contribution is 2.17. The van der Waals surface area contributed by atoms with Crippen LogP contribution in [0.4, 0.5) is 13.2 Å². The zero-order valence-corrected chi connectivity index (χ0v) is 11.5. The molecule has 0 aliphatic rings. The first-order valence-electron chi connectivity index (χ1n) is 5.68. The van der Waals surface area contributed by atoms with Crippen LogP contribution in [-0.4, -0.2) is 35.7 Å². The van der Waals surface area contributed by atoms with Gasteiger partial charge in [0.2, 0.25) is 0 Å². The maximum absolute atomic E-state index is 12.2. The molecule has 7 heteroatoms. The van der Waals surface area contributed by atoms with E-state index in [1.807, 2.05) is 19.2 Å². The number of halogens is 3. The van der Waals surface area contributed by atoms with Gasteiger partial charge in [0.05, 0.1) is 12.2 Å². The molecule has 0 aromatic carbocycles. The van der Waals surface area contributed by atoms with Crippen LogP contribution in [0, 0.1) is 0 Å². The summed E-state index contributed by atoms with van der Waals surface area (Å²) in [5, 5.41) is 5.93. The lowest BCUT2D eigenvalue weighted by atomic mass is 10.4. The molecule has 0 saturated carbocycles. The Kier molecular flexibility index (Phi) is 5.55. The van der Waals surface area contributed by atoms with Crippen molar-refractivity contribution in [1.29, 1.82) is 0 Å². The molecule has 0 unspecified atom stereocenters. The number of nitrogens with zero attached hydrogens (tertiary/aromatic N) is 2. The highest BCUT2D eigenvalue weighted by molar-refractivity contribution is 7.09. The highest BCUT2D eigenvalue weighted by atomic mass is 32.1. The predicted octanol–water partition coefficient (Wildman–Crippen LogP) is 2.64. The van der Waals surface area contributed by atoms with Crippen molar-refractivity contribution in [1.82, 2.24) is 15.2 Å². The Morgan fingerprint density at radius 2 is 2.11 bits per heavy atom. The van der Waals surface area contributed by atoms with Gasteiger partial charge >= 0.3 is 6.18 Å². The summed E-state index contributed by atoms with van der Waals surface area (Å²) in [4.78, 5) is 5.52. The summed E-state index contributed by atoms with van der Waals surface area (Å²) in [6, 6.07) is 0.366.